The van der Waals surface area contributed by atoms with Crippen molar-refractivity contribution in [3.05, 3.63) is 90.0 Å². The number of carbonyl (C=O) groups is 2. The van der Waals surface area contributed by atoms with Crippen molar-refractivity contribution in [3.63, 3.8) is 0 Å². The Labute approximate surface area is 244 Å². The Kier molecular flexibility index (Phi) is 11.3. The minimum Gasteiger partial charge on any atom is -0.492 e. The number of sulfonamides is 1. The van der Waals surface area contributed by atoms with Crippen LogP contribution in [0.15, 0.2) is 83.8 Å². The first kappa shape index (κ1) is 31.7. The van der Waals surface area contributed by atoms with Crippen LogP contribution in [0.5, 0.6) is 5.75 Å². The summed E-state index contributed by atoms with van der Waals surface area (Å²) in [6.07, 6.45) is 1.10. The Hall–Kier alpha value is -3.85. The molecule has 3 aromatic rings. The second kappa shape index (κ2) is 14.7. The van der Waals surface area contributed by atoms with Crippen LogP contribution >= 0.6 is 0 Å². The summed E-state index contributed by atoms with van der Waals surface area (Å²) in [5.41, 5.74) is 1.99. The third-order valence-electron chi connectivity index (χ3n) is 6.90. The van der Waals surface area contributed by atoms with Gasteiger partial charge in [-0.3, -0.25) is 13.9 Å². The van der Waals surface area contributed by atoms with Gasteiger partial charge in [-0.2, -0.15) is 0 Å². The summed E-state index contributed by atoms with van der Waals surface area (Å²) in [6.45, 7) is 9.37. The summed E-state index contributed by atoms with van der Waals surface area (Å²) in [5, 5.41) is 2.99. The van der Waals surface area contributed by atoms with Gasteiger partial charge in [-0.15, -0.1) is 0 Å². The summed E-state index contributed by atoms with van der Waals surface area (Å²) in [4.78, 5) is 29.1. The number of hydrogen-bond acceptors (Lipinski definition) is 5. The first-order chi connectivity index (χ1) is 19.6. The summed E-state index contributed by atoms with van der Waals surface area (Å²) in [5.74, 6) is -0.426. The van der Waals surface area contributed by atoms with Crippen molar-refractivity contribution >= 4 is 27.5 Å². The van der Waals surface area contributed by atoms with Crippen molar-refractivity contribution in [3.8, 4) is 5.75 Å². The Morgan fingerprint density at radius 3 is 2.12 bits per heavy atom. The lowest BCUT2D eigenvalue weighted by atomic mass is 10.1. The first-order valence-electron chi connectivity index (χ1n) is 14.1. The molecular weight excluding hydrogens is 538 g/mol. The van der Waals surface area contributed by atoms with E-state index in [9.17, 15) is 18.0 Å². The Morgan fingerprint density at radius 2 is 1.51 bits per heavy atom. The van der Waals surface area contributed by atoms with Crippen molar-refractivity contribution in [2.45, 2.75) is 71.0 Å². The van der Waals surface area contributed by atoms with Crippen molar-refractivity contribution in [2.75, 3.05) is 17.5 Å². The second-order valence-electron chi connectivity index (χ2n) is 9.97. The van der Waals surface area contributed by atoms with Crippen LogP contribution in [0.25, 0.3) is 0 Å². The van der Waals surface area contributed by atoms with Gasteiger partial charge in [0.1, 0.15) is 18.3 Å². The number of ether oxygens (including phenoxy) is 1. The smallest absolute Gasteiger partial charge is 0.264 e. The van der Waals surface area contributed by atoms with Gasteiger partial charge in [0.2, 0.25) is 11.8 Å². The van der Waals surface area contributed by atoms with E-state index in [0.717, 1.165) is 21.9 Å². The van der Waals surface area contributed by atoms with Gasteiger partial charge in [0.25, 0.3) is 10.0 Å². The minimum absolute atomic E-state index is 0.0540. The fourth-order valence-electron chi connectivity index (χ4n) is 4.43. The molecule has 0 unspecified atom stereocenters. The van der Waals surface area contributed by atoms with Gasteiger partial charge in [-0.1, -0.05) is 74.0 Å². The molecule has 0 saturated carbocycles. The average Bonchev–Trinajstić information content (AvgIpc) is 2.97. The normalized spacial score (nSPS) is 12.7. The van der Waals surface area contributed by atoms with Crippen LogP contribution in [0.1, 0.15) is 51.7 Å². The van der Waals surface area contributed by atoms with Crippen LogP contribution in [0, 0.1) is 6.92 Å². The van der Waals surface area contributed by atoms with Crippen LogP contribution in [-0.2, 0) is 26.2 Å². The highest BCUT2D eigenvalue weighted by Gasteiger charge is 2.35. The van der Waals surface area contributed by atoms with E-state index in [4.69, 9.17) is 4.74 Å². The summed E-state index contributed by atoms with van der Waals surface area (Å²) in [6, 6.07) is 21.8. The molecule has 1 N–H and O–H groups in total. The van der Waals surface area contributed by atoms with Crippen molar-refractivity contribution in [1.82, 2.24) is 10.2 Å². The molecule has 8 nitrogen and oxygen atoms in total. The lowest BCUT2D eigenvalue weighted by Crippen LogP contribution is -2.53. The molecule has 2 atom stereocenters. The molecule has 3 aromatic carbocycles. The number of nitrogens with zero attached hydrogens (tertiary/aromatic N) is 2. The first-order valence-corrected chi connectivity index (χ1v) is 15.5. The zero-order valence-electron chi connectivity index (χ0n) is 24.5. The number of carbonyl (C=O) groups excluding carboxylic acids is 2. The van der Waals surface area contributed by atoms with E-state index >= 15 is 0 Å². The van der Waals surface area contributed by atoms with E-state index in [1.54, 1.807) is 36.4 Å². The molecular formula is C32H41N3O5S. The predicted octanol–water partition coefficient (Wildman–Crippen LogP) is 5.31. The van der Waals surface area contributed by atoms with Gasteiger partial charge in [0.05, 0.1) is 17.2 Å². The number of rotatable bonds is 14. The lowest BCUT2D eigenvalue weighted by Gasteiger charge is -2.34. The largest absolute Gasteiger partial charge is 0.492 e. The number of aryl methyl sites for hydroxylation is 1. The van der Waals surface area contributed by atoms with Gasteiger partial charge in [-0.05, 0) is 63.4 Å². The number of nitrogens with one attached hydrogen (secondary N) is 1. The maximum Gasteiger partial charge on any atom is 0.264 e. The molecule has 0 fully saturated rings. The van der Waals surface area contributed by atoms with E-state index in [2.05, 4.69) is 5.32 Å². The lowest BCUT2D eigenvalue weighted by molar-refractivity contribution is -0.140. The fraction of sp³-hybridized carbons (Fsp3) is 0.375. The maximum atomic E-state index is 14.2. The highest BCUT2D eigenvalue weighted by molar-refractivity contribution is 7.92. The van der Waals surface area contributed by atoms with Crippen molar-refractivity contribution in [2.24, 2.45) is 0 Å². The average molecular weight is 580 g/mol. The Balaban J connectivity index is 2.09. The highest BCUT2D eigenvalue weighted by Crippen LogP contribution is 2.33. The Bertz CT molecular complexity index is 1390. The molecule has 0 bridgehead atoms. The molecule has 0 aliphatic carbocycles. The van der Waals surface area contributed by atoms with Crippen LogP contribution in [0.3, 0.4) is 0 Å². The third-order valence-corrected chi connectivity index (χ3v) is 8.68. The van der Waals surface area contributed by atoms with Crippen LogP contribution in [0.2, 0.25) is 0 Å². The quantitative estimate of drug-likeness (QED) is 0.279. The van der Waals surface area contributed by atoms with E-state index in [-0.39, 0.29) is 29.1 Å². The highest BCUT2D eigenvalue weighted by atomic mass is 32.2. The topological polar surface area (TPSA) is 96.0 Å². The molecule has 9 heteroatoms. The van der Waals surface area contributed by atoms with Crippen LogP contribution < -0.4 is 14.4 Å². The van der Waals surface area contributed by atoms with E-state index in [0.29, 0.717) is 18.8 Å². The monoisotopic (exact) mass is 579 g/mol. The molecule has 3 rings (SSSR count). The van der Waals surface area contributed by atoms with E-state index in [1.807, 2.05) is 65.0 Å². The standard InChI is InChI=1S/C32H41N3O5S/c1-6-25(5)33-32(37)28(7-2)34(22-26-14-10-9-11-15-26)31(36)23-35(29-16-12-13-17-30(29)40-8-3)41(38,39)27-20-18-24(4)19-21-27/h9-21,25,28H,6-8,22-23H2,1-5H3,(H,33,37)/t25-,28+/m1/s1. The fourth-order valence-corrected chi connectivity index (χ4v) is 5.86. The number of anilines is 1. The molecule has 41 heavy (non-hydrogen) atoms. The molecule has 0 spiro atoms. The van der Waals surface area contributed by atoms with Gasteiger partial charge >= 0.3 is 0 Å². The van der Waals surface area contributed by atoms with Gasteiger partial charge < -0.3 is 15.0 Å². The van der Waals surface area contributed by atoms with E-state index < -0.39 is 28.5 Å². The summed E-state index contributed by atoms with van der Waals surface area (Å²) >= 11 is 0. The minimum atomic E-state index is -4.18. The zero-order chi connectivity index (χ0) is 30.0. The Morgan fingerprint density at radius 1 is 0.878 bits per heavy atom. The molecule has 0 saturated heterocycles. The van der Waals surface area contributed by atoms with Crippen LogP contribution in [0.4, 0.5) is 5.69 Å². The predicted molar refractivity (Wildman–Crippen MR) is 162 cm³/mol. The number of hydrogen-bond donors (Lipinski definition) is 1. The molecule has 0 radical (unpaired) electrons. The number of benzene rings is 3. The van der Waals surface area contributed by atoms with Crippen LogP contribution in [-0.4, -0.2) is 50.4 Å². The number of para-hydroxylation sites is 2. The molecule has 220 valence electrons. The van der Waals surface area contributed by atoms with Crippen molar-refractivity contribution < 1.29 is 22.7 Å². The SMILES string of the molecule is CCOc1ccccc1N(CC(=O)N(Cc1ccccc1)[C@@H](CC)C(=O)N[C@H](C)CC)S(=O)(=O)c1ccc(C)cc1. The van der Waals surface area contributed by atoms with E-state index in [1.165, 1.54) is 17.0 Å². The molecule has 0 aliphatic heterocycles. The summed E-state index contributed by atoms with van der Waals surface area (Å²) in [7, 11) is -4.18. The second-order valence-corrected chi connectivity index (χ2v) is 11.8. The van der Waals surface area contributed by atoms with Gasteiger partial charge in [-0.25, -0.2) is 8.42 Å². The van der Waals surface area contributed by atoms with Crippen molar-refractivity contribution in [1.29, 1.82) is 0 Å². The zero-order valence-corrected chi connectivity index (χ0v) is 25.4. The molecule has 0 aromatic heterocycles. The number of amides is 2. The molecule has 0 aliphatic rings. The van der Waals surface area contributed by atoms with Gasteiger partial charge in [0, 0.05) is 12.6 Å². The summed E-state index contributed by atoms with van der Waals surface area (Å²) < 4.78 is 35.0. The molecule has 2 amide bonds. The molecule has 0 heterocycles. The van der Waals surface area contributed by atoms with Gasteiger partial charge in [0.15, 0.2) is 0 Å². The third kappa shape index (κ3) is 8.10. The maximum absolute atomic E-state index is 14.2.